The van der Waals surface area contributed by atoms with Crippen LogP contribution >= 0.6 is 0 Å². The lowest BCUT2D eigenvalue weighted by Crippen LogP contribution is -2.39. The summed E-state index contributed by atoms with van der Waals surface area (Å²) in [6, 6.07) is 9.83. The first-order valence-electron chi connectivity index (χ1n) is 7.25. The highest BCUT2D eigenvalue weighted by molar-refractivity contribution is 5.96. The predicted octanol–water partition coefficient (Wildman–Crippen LogP) is 2.43. The van der Waals surface area contributed by atoms with Crippen LogP contribution in [0.1, 0.15) is 23.1 Å². The van der Waals surface area contributed by atoms with Crippen molar-refractivity contribution in [1.82, 2.24) is 10.3 Å². The van der Waals surface area contributed by atoms with E-state index < -0.39 is 0 Å². The Morgan fingerprint density at radius 1 is 1.33 bits per heavy atom. The first-order valence-corrected chi connectivity index (χ1v) is 7.25. The summed E-state index contributed by atoms with van der Waals surface area (Å²) >= 11 is 0. The Bertz CT molecular complexity index is 654. The molecule has 1 aromatic carbocycles. The van der Waals surface area contributed by atoms with E-state index in [0.717, 1.165) is 24.1 Å². The van der Waals surface area contributed by atoms with E-state index in [1.165, 1.54) is 11.1 Å². The van der Waals surface area contributed by atoms with Crippen molar-refractivity contribution in [1.29, 1.82) is 0 Å². The van der Waals surface area contributed by atoms with Gasteiger partial charge in [0.15, 0.2) is 0 Å². The van der Waals surface area contributed by atoms with Crippen LogP contribution in [0.15, 0.2) is 42.7 Å². The van der Waals surface area contributed by atoms with Crippen LogP contribution in [0.25, 0.3) is 0 Å². The Labute approximate surface area is 124 Å². The molecule has 2 aromatic rings. The van der Waals surface area contributed by atoms with Crippen molar-refractivity contribution >= 4 is 11.6 Å². The van der Waals surface area contributed by atoms with Crippen LogP contribution in [0.4, 0.5) is 5.69 Å². The van der Waals surface area contributed by atoms with Gasteiger partial charge in [0.2, 0.25) is 5.91 Å². The van der Waals surface area contributed by atoms with E-state index in [0.29, 0.717) is 6.54 Å². The Morgan fingerprint density at radius 2 is 2.19 bits per heavy atom. The van der Waals surface area contributed by atoms with Gasteiger partial charge >= 0.3 is 0 Å². The SMILES string of the molecule is Cc1cnccc1CNC1CCc2ccccc2NC1=O. The molecule has 0 saturated heterocycles. The number of nitrogens with zero attached hydrogens (tertiary/aromatic N) is 1. The number of anilines is 1. The largest absolute Gasteiger partial charge is 0.324 e. The van der Waals surface area contributed by atoms with E-state index in [-0.39, 0.29) is 11.9 Å². The molecule has 1 aliphatic rings. The Balaban J connectivity index is 1.68. The van der Waals surface area contributed by atoms with Gasteiger partial charge in [0.25, 0.3) is 0 Å². The molecule has 108 valence electrons. The molecule has 0 saturated carbocycles. The summed E-state index contributed by atoms with van der Waals surface area (Å²) in [5.41, 5.74) is 4.46. The third-order valence-electron chi connectivity index (χ3n) is 3.97. The average Bonchev–Trinajstić information content (AvgIpc) is 2.65. The topological polar surface area (TPSA) is 54.0 Å². The Hall–Kier alpha value is -2.20. The van der Waals surface area contributed by atoms with E-state index in [9.17, 15) is 4.79 Å². The van der Waals surface area contributed by atoms with Crippen molar-refractivity contribution in [2.45, 2.75) is 32.4 Å². The molecule has 4 heteroatoms. The van der Waals surface area contributed by atoms with Gasteiger partial charge in [0, 0.05) is 24.6 Å². The fourth-order valence-corrected chi connectivity index (χ4v) is 2.64. The Kier molecular flexibility index (Phi) is 3.97. The molecule has 4 nitrogen and oxygen atoms in total. The number of nitrogens with one attached hydrogen (secondary N) is 2. The van der Waals surface area contributed by atoms with E-state index in [4.69, 9.17) is 0 Å². The minimum Gasteiger partial charge on any atom is -0.324 e. The number of pyridine rings is 1. The lowest BCUT2D eigenvalue weighted by atomic mass is 10.1. The van der Waals surface area contributed by atoms with E-state index in [1.54, 1.807) is 6.20 Å². The summed E-state index contributed by atoms with van der Waals surface area (Å²) in [5, 5.41) is 6.37. The molecule has 1 aliphatic heterocycles. The molecule has 2 N–H and O–H groups in total. The summed E-state index contributed by atoms with van der Waals surface area (Å²) in [7, 11) is 0. The number of aromatic nitrogens is 1. The summed E-state index contributed by atoms with van der Waals surface area (Å²) < 4.78 is 0. The van der Waals surface area contributed by atoms with Crippen LogP contribution < -0.4 is 10.6 Å². The van der Waals surface area contributed by atoms with Crippen molar-refractivity contribution in [3.8, 4) is 0 Å². The van der Waals surface area contributed by atoms with Gasteiger partial charge in [-0.1, -0.05) is 18.2 Å². The third kappa shape index (κ3) is 3.11. The van der Waals surface area contributed by atoms with Crippen LogP contribution in [-0.4, -0.2) is 16.9 Å². The van der Waals surface area contributed by atoms with E-state index in [2.05, 4.69) is 21.7 Å². The molecular formula is C17H19N3O. The molecule has 3 rings (SSSR count). The molecule has 1 atom stereocenters. The number of benzene rings is 1. The second-order valence-electron chi connectivity index (χ2n) is 5.42. The zero-order valence-electron chi connectivity index (χ0n) is 12.1. The molecule has 1 amide bonds. The summed E-state index contributed by atoms with van der Waals surface area (Å²) in [4.78, 5) is 16.4. The fraction of sp³-hybridized carbons (Fsp3) is 0.294. The molecule has 1 aromatic heterocycles. The highest BCUT2D eigenvalue weighted by Gasteiger charge is 2.22. The number of rotatable bonds is 3. The molecule has 0 radical (unpaired) electrons. The monoisotopic (exact) mass is 281 g/mol. The van der Waals surface area contributed by atoms with Gasteiger partial charge < -0.3 is 10.6 Å². The number of aryl methyl sites for hydroxylation is 2. The maximum absolute atomic E-state index is 12.3. The second-order valence-corrected chi connectivity index (χ2v) is 5.42. The predicted molar refractivity (Wildman–Crippen MR) is 83.0 cm³/mol. The molecule has 0 aliphatic carbocycles. The summed E-state index contributed by atoms with van der Waals surface area (Å²) in [5.74, 6) is 0.0478. The van der Waals surface area contributed by atoms with Crippen LogP contribution in [0.3, 0.4) is 0 Å². The number of amides is 1. The van der Waals surface area contributed by atoms with Crippen LogP contribution in [0.5, 0.6) is 0 Å². The molecule has 0 fully saturated rings. The van der Waals surface area contributed by atoms with Gasteiger partial charge in [-0.2, -0.15) is 0 Å². The molecule has 0 bridgehead atoms. The van der Waals surface area contributed by atoms with Gasteiger partial charge in [-0.3, -0.25) is 9.78 Å². The maximum Gasteiger partial charge on any atom is 0.241 e. The number of carbonyl (C=O) groups excluding carboxylic acids is 1. The quantitative estimate of drug-likeness (QED) is 0.908. The summed E-state index contributed by atoms with van der Waals surface area (Å²) in [6.07, 6.45) is 5.35. The number of para-hydroxylation sites is 1. The number of hydrogen-bond donors (Lipinski definition) is 2. The lowest BCUT2D eigenvalue weighted by Gasteiger charge is -2.16. The third-order valence-corrected chi connectivity index (χ3v) is 3.97. The van der Waals surface area contributed by atoms with E-state index >= 15 is 0 Å². The lowest BCUT2D eigenvalue weighted by molar-refractivity contribution is -0.118. The fourth-order valence-electron chi connectivity index (χ4n) is 2.64. The maximum atomic E-state index is 12.3. The average molecular weight is 281 g/mol. The first kappa shape index (κ1) is 13.8. The molecule has 21 heavy (non-hydrogen) atoms. The highest BCUT2D eigenvalue weighted by atomic mass is 16.2. The minimum atomic E-state index is -0.162. The van der Waals surface area contributed by atoms with Crippen molar-refractivity contribution in [3.05, 3.63) is 59.4 Å². The number of hydrogen-bond acceptors (Lipinski definition) is 3. The minimum absolute atomic E-state index is 0.0478. The standard InChI is InChI=1S/C17H19N3O/c1-12-10-18-9-8-14(12)11-19-16-7-6-13-4-2-3-5-15(13)20-17(16)21/h2-5,8-10,16,19H,6-7,11H2,1H3,(H,20,21). The van der Waals surface area contributed by atoms with Gasteiger partial charge in [0.1, 0.15) is 0 Å². The molecule has 1 unspecified atom stereocenters. The zero-order valence-corrected chi connectivity index (χ0v) is 12.1. The smallest absolute Gasteiger partial charge is 0.241 e. The summed E-state index contributed by atoms with van der Waals surface area (Å²) in [6.45, 7) is 2.72. The first-order chi connectivity index (χ1) is 10.2. The molecule has 2 heterocycles. The molecular weight excluding hydrogens is 262 g/mol. The highest BCUT2D eigenvalue weighted by Crippen LogP contribution is 2.21. The van der Waals surface area contributed by atoms with Crippen molar-refractivity contribution in [3.63, 3.8) is 0 Å². The normalized spacial score (nSPS) is 17.8. The number of fused-ring (bicyclic) bond motifs is 1. The van der Waals surface area contributed by atoms with Crippen molar-refractivity contribution in [2.75, 3.05) is 5.32 Å². The van der Waals surface area contributed by atoms with Crippen molar-refractivity contribution in [2.24, 2.45) is 0 Å². The second kappa shape index (κ2) is 6.06. The Morgan fingerprint density at radius 3 is 3.05 bits per heavy atom. The number of carbonyl (C=O) groups is 1. The van der Waals surface area contributed by atoms with Crippen LogP contribution in [0, 0.1) is 6.92 Å². The van der Waals surface area contributed by atoms with Crippen molar-refractivity contribution < 1.29 is 4.79 Å². The van der Waals surface area contributed by atoms with E-state index in [1.807, 2.05) is 37.4 Å². The van der Waals surface area contributed by atoms with Gasteiger partial charge in [-0.25, -0.2) is 0 Å². The molecule has 0 spiro atoms. The van der Waals surface area contributed by atoms with Gasteiger partial charge in [-0.15, -0.1) is 0 Å². The van der Waals surface area contributed by atoms with Gasteiger partial charge in [-0.05, 0) is 48.6 Å². The van der Waals surface area contributed by atoms with Crippen LogP contribution in [-0.2, 0) is 17.8 Å². The van der Waals surface area contributed by atoms with Crippen LogP contribution in [0.2, 0.25) is 0 Å². The van der Waals surface area contributed by atoms with Gasteiger partial charge in [0.05, 0.1) is 6.04 Å². The zero-order chi connectivity index (χ0) is 14.7.